The molecule has 254 valence electrons. The van der Waals surface area contributed by atoms with E-state index in [1.54, 1.807) is 0 Å². The fraction of sp³-hybridized carbons (Fsp3) is 0.474. The quantitative estimate of drug-likeness (QED) is 0.0619. The Morgan fingerprint density at radius 3 is 1.19 bits per heavy atom. The van der Waals surface area contributed by atoms with Gasteiger partial charge in [0.1, 0.15) is 21.8 Å². The van der Waals surface area contributed by atoms with Crippen molar-refractivity contribution in [2.24, 2.45) is 0 Å². The van der Waals surface area contributed by atoms with Crippen LogP contribution in [0.5, 0.6) is 0 Å². The lowest BCUT2D eigenvalue weighted by Crippen LogP contribution is -2.43. The summed E-state index contributed by atoms with van der Waals surface area (Å²) in [6.45, 7) is 26.1. The highest BCUT2D eigenvalue weighted by Crippen LogP contribution is 2.44. The molecule has 0 aliphatic rings. The molecule has 0 spiro atoms. The maximum atomic E-state index is 15.2. The minimum absolute atomic E-state index is 0.0335. The highest BCUT2D eigenvalue weighted by Gasteiger charge is 2.43. The van der Waals surface area contributed by atoms with Gasteiger partial charge >= 0.3 is 0 Å². The van der Waals surface area contributed by atoms with E-state index in [9.17, 15) is 13.2 Å². The summed E-state index contributed by atoms with van der Waals surface area (Å²) < 4.78 is 73.2. The molecule has 0 atom stereocenters. The Morgan fingerprint density at radius 1 is 0.511 bits per heavy atom. The number of nitrogens with one attached hydrogen (secondary N) is 1. The molecule has 0 aliphatic carbocycles. The summed E-state index contributed by atoms with van der Waals surface area (Å²) in [5.74, 6) is -3.55. The highest BCUT2D eigenvalue weighted by atomic mass is 28.3. The Morgan fingerprint density at radius 2 is 0.830 bits per heavy atom. The molecule has 3 N–H and O–H groups in total. The maximum absolute atomic E-state index is 15.2. The molecule has 47 heavy (non-hydrogen) atoms. The second-order valence-electron chi connectivity index (χ2n) is 14.4. The van der Waals surface area contributed by atoms with Gasteiger partial charge in [0, 0.05) is 10.8 Å². The van der Waals surface area contributed by atoms with Gasteiger partial charge < -0.3 is 11.1 Å². The van der Waals surface area contributed by atoms with E-state index in [2.05, 4.69) is 111 Å². The van der Waals surface area contributed by atoms with E-state index >= 15 is 8.78 Å². The van der Waals surface area contributed by atoms with E-state index in [1.165, 1.54) is 0 Å². The standard InChI is InChI=1S/C38H49F5N2Si2/c1-21(2)46(22(3)4,23(5)6)19-17-29-27-15-13-14-16-28(27)30(18-20-47(24(7)8,25(9)10)26(11)12)37(36(29)44)45-38-34(42)32(40)31(39)33(41)35(38)43/h13-16,21-26,45H,44H2,1-12H3. The first-order valence-electron chi connectivity index (χ1n) is 16.5. The zero-order valence-electron chi connectivity index (χ0n) is 29.7. The summed E-state index contributed by atoms with van der Waals surface area (Å²) in [6, 6.07) is 7.38. The van der Waals surface area contributed by atoms with Gasteiger partial charge in [-0.15, -0.1) is 11.1 Å². The van der Waals surface area contributed by atoms with E-state index in [0.717, 1.165) is 0 Å². The molecule has 0 radical (unpaired) electrons. The summed E-state index contributed by atoms with van der Waals surface area (Å²) in [6.07, 6.45) is 0. The van der Waals surface area contributed by atoms with Crippen LogP contribution < -0.4 is 11.1 Å². The van der Waals surface area contributed by atoms with Crippen molar-refractivity contribution in [2.75, 3.05) is 11.1 Å². The van der Waals surface area contributed by atoms with E-state index in [1.807, 2.05) is 24.3 Å². The number of rotatable bonds is 8. The van der Waals surface area contributed by atoms with Gasteiger partial charge in [0.2, 0.25) is 5.82 Å². The van der Waals surface area contributed by atoms with E-state index in [-0.39, 0.29) is 28.0 Å². The first-order chi connectivity index (χ1) is 21.8. The molecular formula is C38H49F5N2Si2. The lowest BCUT2D eigenvalue weighted by atomic mass is 9.96. The van der Waals surface area contributed by atoms with Gasteiger partial charge in [-0.05, 0) is 33.2 Å². The Labute approximate surface area is 280 Å². The minimum Gasteiger partial charge on any atom is -0.396 e. The third-order valence-electron chi connectivity index (χ3n) is 10.3. The largest absolute Gasteiger partial charge is 0.396 e. The fourth-order valence-electron chi connectivity index (χ4n) is 7.90. The number of nitrogen functional groups attached to an aromatic ring is 1. The lowest BCUT2D eigenvalue weighted by molar-refractivity contribution is 0.382. The van der Waals surface area contributed by atoms with Crippen molar-refractivity contribution in [3.05, 3.63) is 64.5 Å². The van der Waals surface area contributed by atoms with Gasteiger partial charge in [-0.2, -0.15) is 0 Å². The average Bonchev–Trinajstić information content (AvgIpc) is 2.98. The van der Waals surface area contributed by atoms with E-state index in [0.29, 0.717) is 38.5 Å². The van der Waals surface area contributed by atoms with Gasteiger partial charge in [0.15, 0.2) is 23.3 Å². The average molecular weight is 685 g/mol. The van der Waals surface area contributed by atoms with Gasteiger partial charge in [0.25, 0.3) is 0 Å². The summed E-state index contributed by atoms with van der Waals surface area (Å²) in [5.41, 5.74) is 15.5. The monoisotopic (exact) mass is 684 g/mol. The Balaban J connectivity index is 2.59. The predicted molar refractivity (Wildman–Crippen MR) is 194 cm³/mol. The molecule has 3 rings (SSSR count). The molecule has 0 aromatic heterocycles. The SMILES string of the molecule is CC(C)[Si](C#Cc1c(N)c(Nc2c(F)c(F)c(F)c(F)c2F)c(C#C[Si](C(C)C)(C(C)C)C(C)C)c2ccccc12)(C(C)C)C(C)C. The first-order valence-corrected chi connectivity index (χ1v) is 20.9. The Bertz CT molecular complexity index is 1700. The Hall–Kier alpha value is -3.28. The second kappa shape index (κ2) is 14.5. The van der Waals surface area contributed by atoms with Crippen LogP contribution in [0.15, 0.2) is 24.3 Å². The third-order valence-corrected chi connectivity index (χ3v) is 22.8. The number of hydrogen-bond acceptors (Lipinski definition) is 2. The van der Waals surface area contributed by atoms with Crippen LogP contribution in [0, 0.1) is 52.0 Å². The molecular weight excluding hydrogens is 636 g/mol. The van der Waals surface area contributed by atoms with Crippen molar-refractivity contribution in [1.29, 1.82) is 0 Å². The molecule has 2 nitrogen and oxygen atoms in total. The molecule has 0 amide bonds. The summed E-state index contributed by atoms with van der Waals surface area (Å²) in [5, 5.41) is 3.87. The van der Waals surface area contributed by atoms with Crippen molar-refractivity contribution in [2.45, 2.75) is 116 Å². The number of nitrogens with two attached hydrogens (primary N) is 1. The smallest absolute Gasteiger partial charge is 0.200 e. The lowest BCUT2D eigenvalue weighted by Gasteiger charge is -2.38. The van der Waals surface area contributed by atoms with Crippen molar-refractivity contribution in [1.82, 2.24) is 0 Å². The maximum Gasteiger partial charge on any atom is 0.200 e. The third kappa shape index (κ3) is 6.59. The molecule has 3 aromatic rings. The summed E-state index contributed by atoms with van der Waals surface area (Å²) in [7, 11) is -4.60. The number of benzene rings is 3. The molecule has 3 aromatic carbocycles. The van der Waals surface area contributed by atoms with Crippen LogP contribution in [-0.2, 0) is 0 Å². The summed E-state index contributed by atoms with van der Waals surface area (Å²) >= 11 is 0. The first kappa shape index (κ1) is 38.2. The fourth-order valence-corrected chi connectivity index (χ4v) is 18.3. The molecule has 0 saturated heterocycles. The van der Waals surface area contributed by atoms with Gasteiger partial charge in [-0.25, -0.2) is 22.0 Å². The second-order valence-corrected chi connectivity index (χ2v) is 25.6. The van der Waals surface area contributed by atoms with Crippen LogP contribution in [0.3, 0.4) is 0 Å². The van der Waals surface area contributed by atoms with Crippen LogP contribution in [0.2, 0.25) is 33.2 Å². The van der Waals surface area contributed by atoms with Crippen molar-refractivity contribution in [3.8, 4) is 22.9 Å². The molecule has 0 heterocycles. The topological polar surface area (TPSA) is 38.0 Å². The van der Waals surface area contributed by atoms with Crippen molar-refractivity contribution >= 4 is 44.0 Å². The Kier molecular flexibility index (Phi) is 11.7. The van der Waals surface area contributed by atoms with E-state index in [4.69, 9.17) is 5.73 Å². The zero-order valence-corrected chi connectivity index (χ0v) is 31.7. The molecule has 0 fully saturated rings. The van der Waals surface area contributed by atoms with E-state index < -0.39 is 50.9 Å². The molecule has 0 unspecified atom stereocenters. The van der Waals surface area contributed by atoms with Crippen molar-refractivity contribution < 1.29 is 22.0 Å². The predicted octanol–water partition coefficient (Wildman–Crippen LogP) is 12.0. The van der Waals surface area contributed by atoms with Crippen LogP contribution >= 0.6 is 0 Å². The van der Waals surface area contributed by atoms with Crippen LogP contribution in [-0.4, -0.2) is 16.1 Å². The molecule has 0 aliphatic heterocycles. The number of anilines is 3. The van der Waals surface area contributed by atoms with Gasteiger partial charge in [-0.1, -0.05) is 119 Å². The number of fused-ring (bicyclic) bond motifs is 1. The summed E-state index contributed by atoms with van der Waals surface area (Å²) in [4.78, 5) is 0. The van der Waals surface area contributed by atoms with Crippen LogP contribution in [0.25, 0.3) is 10.8 Å². The van der Waals surface area contributed by atoms with Crippen LogP contribution in [0.4, 0.5) is 39.0 Å². The number of hydrogen-bond donors (Lipinski definition) is 2. The molecule has 9 heteroatoms. The normalized spacial score (nSPS) is 12.4. The van der Waals surface area contributed by atoms with Crippen molar-refractivity contribution in [3.63, 3.8) is 0 Å². The highest BCUT2D eigenvalue weighted by molar-refractivity contribution is 6.91. The van der Waals surface area contributed by atoms with Gasteiger partial charge in [0.05, 0.1) is 22.5 Å². The minimum atomic E-state index is -2.34. The zero-order chi connectivity index (χ0) is 35.8. The van der Waals surface area contributed by atoms with Gasteiger partial charge in [-0.3, -0.25) is 0 Å². The molecule has 0 saturated carbocycles. The molecule has 0 bridgehead atoms. The van der Waals surface area contributed by atoms with Crippen LogP contribution in [0.1, 0.15) is 94.2 Å². The number of halogens is 5.